The maximum absolute atomic E-state index is 15.8. The van der Waals surface area contributed by atoms with Crippen molar-refractivity contribution in [2.24, 2.45) is 5.92 Å². The number of carbonyl (C=O) groups is 1. The third-order valence-corrected chi connectivity index (χ3v) is 10.9. The van der Waals surface area contributed by atoms with Gasteiger partial charge in [-0.25, -0.2) is 31.3 Å². The number of piperidine rings is 1. The summed E-state index contributed by atoms with van der Waals surface area (Å²) in [4.78, 5) is 17.7. The molecule has 1 amide bonds. The first-order valence-corrected chi connectivity index (χ1v) is 18.2. The second-order valence-electron chi connectivity index (χ2n) is 12.8. The van der Waals surface area contributed by atoms with Crippen LogP contribution in [0.3, 0.4) is 0 Å². The summed E-state index contributed by atoms with van der Waals surface area (Å²) in [5.41, 5.74) is 0.675. The molecule has 12 nitrogen and oxygen atoms in total. The highest BCUT2D eigenvalue weighted by atomic mass is 32.2. The van der Waals surface area contributed by atoms with Gasteiger partial charge in [-0.15, -0.1) is 0 Å². The lowest BCUT2D eigenvalue weighted by molar-refractivity contribution is 0.0110. The van der Waals surface area contributed by atoms with Crippen molar-refractivity contribution < 1.29 is 45.7 Å². The van der Waals surface area contributed by atoms with Crippen LogP contribution in [0.1, 0.15) is 44.2 Å². The van der Waals surface area contributed by atoms with Crippen LogP contribution in [0.25, 0.3) is 0 Å². The lowest BCUT2D eigenvalue weighted by Gasteiger charge is -2.39. The van der Waals surface area contributed by atoms with Gasteiger partial charge in [0.15, 0.2) is 11.6 Å². The largest absolute Gasteiger partial charge is 0.497 e. The number of amides is 1. The molecule has 1 aliphatic rings. The number of aromatic nitrogens is 2. The molecule has 16 heteroatoms. The number of nitrogens with zero attached hydrogens (tertiary/aromatic N) is 4. The van der Waals surface area contributed by atoms with Crippen molar-refractivity contribution in [2.45, 2.75) is 50.2 Å². The van der Waals surface area contributed by atoms with Crippen molar-refractivity contribution in [2.75, 3.05) is 45.3 Å². The van der Waals surface area contributed by atoms with Gasteiger partial charge in [-0.05, 0) is 62.9 Å². The second-order valence-corrected chi connectivity index (χ2v) is 15.4. The normalized spacial score (nSPS) is 16.4. The van der Waals surface area contributed by atoms with Gasteiger partial charge in [0.2, 0.25) is 5.13 Å². The third-order valence-electron chi connectivity index (χ3n) is 8.31. The number of rotatable bonds is 12. The van der Waals surface area contributed by atoms with Crippen LogP contribution >= 0.6 is 11.5 Å². The minimum absolute atomic E-state index is 0.0654. The van der Waals surface area contributed by atoms with Crippen LogP contribution in [0.5, 0.6) is 23.0 Å². The Morgan fingerprint density at radius 3 is 2.29 bits per heavy atom. The first-order valence-electron chi connectivity index (χ1n) is 16.0. The Kier molecular flexibility index (Phi) is 11.5. The quantitative estimate of drug-likeness (QED) is 0.155. The van der Waals surface area contributed by atoms with E-state index in [0.717, 1.165) is 27.7 Å². The van der Waals surface area contributed by atoms with Gasteiger partial charge in [-0.3, -0.25) is 0 Å². The lowest BCUT2D eigenvalue weighted by atomic mass is 9.81. The van der Waals surface area contributed by atoms with E-state index in [0.29, 0.717) is 47.9 Å². The van der Waals surface area contributed by atoms with E-state index in [2.05, 4.69) is 9.36 Å². The molecule has 3 aromatic carbocycles. The summed E-state index contributed by atoms with van der Waals surface area (Å²) in [5.74, 6) is -1.77. The highest BCUT2D eigenvalue weighted by Crippen LogP contribution is 2.37. The standard InChI is InChI=1S/C35H40F2N4O8S2/c1-35(2,3)49-34(42)40-14-13-27(22-7-10-25(45-4)11-8-22)24(18-40)20-48-31-16-29(37)32(17-28(31)36)51(43,44)41(33-38-21-39-50-33)19-23-9-12-26(46-5)15-30(23)47-6/h7-12,15-17,21,24,27H,13-14,18-20H2,1-6H3/t24-,27-/m0/s1. The van der Waals surface area contributed by atoms with E-state index in [9.17, 15) is 13.2 Å². The van der Waals surface area contributed by atoms with E-state index < -0.39 is 44.0 Å². The van der Waals surface area contributed by atoms with Gasteiger partial charge < -0.3 is 28.6 Å². The molecule has 0 N–H and O–H groups in total. The second kappa shape index (κ2) is 15.7. The minimum Gasteiger partial charge on any atom is -0.497 e. The molecule has 2 heterocycles. The summed E-state index contributed by atoms with van der Waals surface area (Å²) < 4.78 is 91.6. The van der Waals surface area contributed by atoms with Gasteiger partial charge in [0.25, 0.3) is 10.0 Å². The van der Waals surface area contributed by atoms with E-state index in [1.165, 1.54) is 14.2 Å². The molecule has 1 aromatic heterocycles. The van der Waals surface area contributed by atoms with Crippen LogP contribution in [-0.4, -0.2) is 75.4 Å². The Bertz CT molecular complexity index is 1920. The number of anilines is 1. The molecule has 0 aliphatic carbocycles. The van der Waals surface area contributed by atoms with Crippen LogP contribution in [0.4, 0.5) is 18.7 Å². The molecule has 274 valence electrons. The lowest BCUT2D eigenvalue weighted by Crippen LogP contribution is -2.46. The van der Waals surface area contributed by atoms with Crippen LogP contribution in [0.15, 0.2) is 65.8 Å². The molecule has 0 radical (unpaired) electrons. The summed E-state index contributed by atoms with van der Waals surface area (Å²) in [7, 11) is -0.274. The number of benzene rings is 3. The molecule has 0 bridgehead atoms. The number of ether oxygens (including phenoxy) is 5. The van der Waals surface area contributed by atoms with E-state index in [1.54, 1.807) is 51.0 Å². The first kappa shape index (κ1) is 37.6. The number of carbonyl (C=O) groups excluding carboxylic acids is 1. The number of sulfonamides is 1. The van der Waals surface area contributed by atoms with Crippen molar-refractivity contribution >= 4 is 32.8 Å². The van der Waals surface area contributed by atoms with Crippen molar-refractivity contribution in [1.82, 2.24) is 14.3 Å². The first-order chi connectivity index (χ1) is 24.2. The van der Waals surface area contributed by atoms with E-state index in [1.807, 2.05) is 24.3 Å². The summed E-state index contributed by atoms with van der Waals surface area (Å²) in [6.45, 7) is 5.55. The Labute approximate surface area is 300 Å². The highest BCUT2D eigenvalue weighted by Gasteiger charge is 2.36. The summed E-state index contributed by atoms with van der Waals surface area (Å²) in [5, 5.41) is -0.0654. The van der Waals surface area contributed by atoms with Crippen LogP contribution in [-0.2, 0) is 21.3 Å². The van der Waals surface area contributed by atoms with E-state index >= 15 is 8.78 Å². The fraction of sp³-hybridized carbons (Fsp3) is 0.400. The molecule has 0 saturated carbocycles. The van der Waals surface area contributed by atoms with Gasteiger partial charge in [0.1, 0.15) is 39.9 Å². The van der Waals surface area contributed by atoms with Gasteiger partial charge in [-0.2, -0.15) is 4.37 Å². The van der Waals surface area contributed by atoms with Crippen molar-refractivity contribution in [3.05, 3.63) is 83.7 Å². The Hall–Kier alpha value is -4.70. The summed E-state index contributed by atoms with van der Waals surface area (Å²) in [6.07, 6.45) is 1.24. The molecule has 51 heavy (non-hydrogen) atoms. The average Bonchev–Trinajstić information content (AvgIpc) is 3.64. The zero-order valence-electron chi connectivity index (χ0n) is 29.1. The molecule has 1 fully saturated rings. The molecule has 2 atom stereocenters. The number of hydrogen-bond donors (Lipinski definition) is 0. The monoisotopic (exact) mass is 746 g/mol. The molecule has 1 aliphatic heterocycles. The fourth-order valence-corrected chi connectivity index (χ4v) is 7.98. The molecular formula is C35H40F2N4O8S2. The van der Waals surface area contributed by atoms with E-state index in [-0.39, 0.29) is 36.7 Å². The van der Waals surface area contributed by atoms with Gasteiger partial charge >= 0.3 is 6.09 Å². The maximum Gasteiger partial charge on any atom is 0.410 e. The maximum atomic E-state index is 15.8. The SMILES string of the molecule is COc1ccc([C@@H]2CCN(C(=O)OC(C)(C)C)C[C@H]2COc2cc(F)c(S(=O)(=O)N(Cc3ccc(OC)cc3OC)c3ncns3)cc2F)cc1. The van der Waals surface area contributed by atoms with Crippen LogP contribution in [0, 0.1) is 17.6 Å². The molecule has 1 saturated heterocycles. The number of hydrogen-bond acceptors (Lipinski definition) is 11. The van der Waals surface area contributed by atoms with Crippen molar-refractivity contribution in [3.63, 3.8) is 0 Å². The predicted octanol–water partition coefficient (Wildman–Crippen LogP) is 6.66. The molecular weight excluding hydrogens is 707 g/mol. The molecule has 0 unspecified atom stereocenters. The summed E-state index contributed by atoms with van der Waals surface area (Å²) in [6, 6.07) is 13.6. The van der Waals surface area contributed by atoms with Crippen LogP contribution in [0.2, 0.25) is 0 Å². The minimum atomic E-state index is -4.74. The van der Waals surface area contributed by atoms with Crippen molar-refractivity contribution in [1.29, 1.82) is 0 Å². The Morgan fingerprint density at radius 1 is 0.961 bits per heavy atom. The number of methoxy groups -OCH3 is 3. The molecule has 4 aromatic rings. The van der Waals surface area contributed by atoms with Gasteiger partial charge in [-0.1, -0.05) is 12.1 Å². The Balaban J connectivity index is 1.41. The predicted molar refractivity (Wildman–Crippen MR) is 186 cm³/mol. The average molecular weight is 747 g/mol. The zero-order valence-corrected chi connectivity index (χ0v) is 30.7. The van der Waals surface area contributed by atoms with Crippen LogP contribution < -0.4 is 23.3 Å². The topological polar surface area (TPSA) is 130 Å². The van der Waals surface area contributed by atoms with Crippen molar-refractivity contribution in [3.8, 4) is 23.0 Å². The number of likely N-dealkylation sites (tertiary alicyclic amines) is 1. The highest BCUT2D eigenvalue weighted by molar-refractivity contribution is 7.93. The molecule has 0 spiro atoms. The fourth-order valence-electron chi connectivity index (χ4n) is 5.79. The van der Waals surface area contributed by atoms with Gasteiger partial charge in [0, 0.05) is 54.3 Å². The zero-order chi connectivity index (χ0) is 36.9. The molecule has 5 rings (SSSR count). The van der Waals surface area contributed by atoms with E-state index in [4.69, 9.17) is 23.7 Å². The summed E-state index contributed by atoms with van der Waals surface area (Å²) >= 11 is 0.771. The third kappa shape index (κ3) is 8.79. The number of halogens is 2. The Morgan fingerprint density at radius 2 is 1.67 bits per heavy atom. The van der Waals surface area contributed by atoms with Gasteiger partial charge in [0.05, 0.1) is 34.5 Å². The smallest absolute Gasteiger partial charge is 0.410 e.